The number of nitrogens with zero attached hydrogens (tertiary/aromatic N) is 1. The lowest BCUT2D eigenvalue weighted by atomic mass is 10.0. The van der Waals surface area contributed by atoms with Crippen LogP contribution in [0.5, 0.6) is 0 Å². The van der Waals surface area contributed by atoms with Crippen molar-refractivity contribution in [2.24, 2.45) is 0 Å². The number of benzene rings is 2. The van der Waals surface area contributed by atoms with Gasteiger partial charge >= 0.3 is 0 Å². The number of hydrogen-bond donors (Lipinski definition) is 1. The molecule has 1 aliphatic heterocycles. The van der Waals surface area contributed by atoms with Crippen LogP contribution in [0.15, 0.2) is 48.5 Å². The molecule has 1 fully saturated rings. The van der Waals surface area contributed by atoms with Crippen molar-refractivity contribution < 1.29 is 4.39 Å². The standard InChI is InChI=1S/C17H18ClFN2/c18-15-10-13(6-7-16(15)19)11-21-9-8-20-17(12-21)14-4-2-1-3-5-14/h1-7,10,17,20H,8-9,11-12H2. The molecule has 1 atom stereocenters. The van der Waals surface area contributed by atoms with Gasteiger partial charge in [-0.15, -0.1) is 0 Å². The molecule has 0 spiro atoms. The molecule has 1 aliphatic rings. The number of halogens is 2. The van der Waals surface area contributed by atoms with Crippen LogP contribution in [0.25, 0.3) is 0 Å². The predicted octanol–water partition coefficient (Wildman–Crippen LogP) is 3.63. The molecular formula is C17H18ClFN2. The lowest BCUT2D eigenvalue weighted by Gasteiger charge is -2.34. The quantitative estimate of drug-likeness (QED) is 0.931. The summed E-state index contributed by atoms with van der Waals surface area (Å²) in [6, 6.07) is 15.8. The zero-order valence-electron chi connectivity index (χ0n) is 11.7. The fourth-order valence-electron chi connectivity index (χ4n) is 2.76. The summed E-state index contributed by atoms with van der Waals surface area (Å²) in [5.74, 6) is -0.358. The second kappa shape index (κ2) is 6.56. The minimum absolute atomic E-state index is 0.197. The van der Waals surface area contributed by atoms with Gasteiger partial charge in [-0.3, -0.25) is 4.90 Å². The largest absolute Gasteiger partial charge is 0.308 e. The minimum atomic E-state index is -0.358. The monoisotopic (exact) mass is 304 g/mol. The minimum Gasteiger partial charge on any atom is -0.308 e. The van der Waals surface area contributed by atoms with E-state index in [9.17, 15) is 4.39 Å². The molecule has 2 nitrogen and oxygen atoms in total. The third-order valence-electron chi connectivity index (χ3n) is 3.85. The van der Waals surface area contributed by atoms with E-state index in [1.807, 2.05) is 6.07 Å². The van der Waals surface area contributed by atoms with Crippen molar-refractivity contribution >= 4 is 11.6 Å². The molecule has 2 aromatic rings. The Hall–Kier alpha value is -1.42. The first-order valence-corrected chi connectivity index (χ1v) is 7.55. The van der Waals surface area contributed by atoms with Crippen molar-refractivity contribution in [3.63, 3.8) is 0 Å². The van der Waals surface area contributed by atoms with E-state index in [1.54, 1.807) is 12.1 Å². The third-order valence-corrected chi connectivity index (χ3v) is 4.14. The van der Waals surface area contributed by atoms with E-state index in [2.05, 4.69) is 34.5 Å². The van der Waals surface area contributed by atoms with Gasteiger partial charge in [0.15, 0.2) is 0 Å². The summed E-state index contributed by atoms with van der Waals surface area (Å²) in [5, 5.41) is 3.74. The van der Waals surface area contributed by atoms with Crippen LogP contribution in [0.2, 0.25) is 5.02 Å². The lowest BCUT2D eigenvalue weighted by Crippen LogP contribution is -2.45. The molecule has 21 heavy (non-hydrogen) atoms. The van der Waals surface area contributed by atoms with E-state index in [-0.39, 0.29) is 10.8 Å². The molecular weight excluding hydrogens is 287 g/mol. The molecule has 110 valence electrons. The summed E-state index contributed by atoms with van der Waals surface area (Å²) < 4.78 is 13.2. The van der Waals surface area contributed by atoms with Crippen molar-refractivity contribution in [1.82, 2.24) is 10.2 Å². The fourth-order valence-corrected chi connectivity index (χ4v) is 2.96. The highest BCUT2D eigenvalue weighted by atomic mass is 35.5. The average molecular weight is 305 g/mol. The number of hydrogen-bond acceptors (Lipinski definition) is 2. The van der Waals surface area contributed by atoms with Crippen molar-refractivity contribution in [2.75, 3.05) is 19.6 Å². The van der Waals surface area contributed by atoms with Crippen LogP contribution in [-0.2, 0) is 6.54 Å². The summed E-state index contributed by atoms with van der Waals surface area (Å²) in [6.07, 6.45) is 0. The molecule has 3 rings (SSSR count). The molecule has 1 saturated heterocycles. The van der Waals surface area contributed by atoms with E-state index in [0.29, 0.717) is 6.04 Å². The highest BCUT2D eigenvalue weighted by Crippen LogP contribution is 2.21. The van der Waals surface area contributed by atoms with Gasteiger partial charge in [0.1, 0.15) is 5.82 Å². The molecule has 1 heterocycles. The number of nitrogens with one attached hydrogen (secondary N) is 1. The molecule has 1 unspecified atom stereocenters. The molecule has 2 aromatic carbocycles. The Morgan fingerprint density at radius 1 is 1.19 bits per heavy atom. The molecule has 0 aromatic heterocycles. The van der Waals surface area contributed by atoms with Crippen LogP contribution in [0, 0.1) is 5.82 Å². The molecule has 0 amide bonds. The molecule has 4 heteroatoms. The molecule has 1 N–H and O–H groups in total. The molecule has 0 saturated carbocycles. The Kier molecular flexibility index (Phi) is 4.54. The van der Waals surface area contributed by atoms with Crippen LogP contribution >= 0.6 is 11.6 Å². The maximum absolute atomic E-state index is 13.2. The molecule has 0 radical (unpaired) electrons. The smallest absolute Gasteiger partial charge is 0.141 e. The van der Waals surface area contributed by atoms with Crippen molar-refractivity contribution in [2.45, 2.75) is 12.6 Å². The van der Waals surface area contributed by atoms with E-state index < -0.39 is 0 Å². The first-order chi connectivity index (χ1) is 10.2. The Bertz CT molecular complexity index is 603. The van der Waals surface area contributed by atoms with E-state index in [0.717, 1.165) is 31.7 Å². The molecule has 0 aliphatic carbocycles. The van der Waals surface area contributed by atoms with Crippen LogP contribution < -0.4 is 5.32 Å². The van der Waals surface area contributed by atoms with Gasteiger partial charge < -0.3 is 5.32 Å². The van der Waals surface area contributed by atoms with Gasteiger partial charge in [-0.1, -0.05) is 48.0 Å². The van der Waals surface area contributed by atoms with E-state index >= 15 is 0 Å². The maximum Gasteiger partial charge on any atom is 0.141 e. The van der Waals surface area contributed by atoms with Gasteiger partial charge in [-0.2, -0.15) is 0 Å². The normalized spacial score (nSPS) is 19.6. The highest BCUT2D eigenvalue weighted by molar-refractivity contribution is 6.30. The lowest BCUT2D eigenvalue weighted by molar-refractivity contribution is 0.193. The Labute approximate surface area is 129 Å². The van der Waals surface area contributed by atoms with E-state index in [1.165, 1.54) is 11.6 Å². The second-order valence-corrected chi connectivity index (χ2v) is 5.81. The summed E-state index contributed by atoms with van der Waals surface area (Å²) in [6.45, 7) is 3.68. The summed E-state index contributed by atoms with van der Waals surface area (Å²) in [4.78, 5) is 2.37. The first-order valence-electron chi connectivity index (χ1n) is 7.17. The first kappa shape index (κ1) is 14.5. The van der Waals surface area contributed by atoms with Crippen molar-refractivity contribution in [3.8, 4) is 0 Å². The number of piperazine rings is 1. The van der Waals surface area contributed by atoms with Gasteiger partial charge in [-0.25, -0.2) is 4.39 Å². The Balaban J connectivity index is 1.67. The van der Waals surface area contributed by atoms with E-state index in [4.69, 9.17) is 11.6 Å². The van der Waals surface area contributed by atoms with Crippen LogP contribution in [0.1, 0.15) is 17.2 Å². The SMILES string of the molecule is Fc1ccc(CN2CCNC(c3ccccc3)C2)cc1Cl. The predicted molar refractivity (Wildman–Crippen MR) is 83.9 cm³/mol. The average Bonchev–Trinajstić information content (AvgIpc) is 2.52. The van der Waals surface area contributed by atoms with Crippen LogP contribution in [0.3, 0.4) is 0 Å². The van der Waals surface area contributed by atoms with Crippen LogP contribution in [0.4, 0.5) is 4.39 Å². The highest BCUT2D eigenvalue weighted by Gasteiger charge is 2.20. The van der Waals surface area contributed by atoms with Crippen molar-refractivity contribution in [3.05, 3.63) is 70.5 Å². The zero-order valence-corrected chi connectivity index (χ0v) is 12.5. The maximum atomic E-state index is 13.2. The van der Waals surface area contributed by atoms with Gasteiger partial charge in [-0.05, 0) is 23.3 Å². The van der Waals surface area contributed by atoms with Crippen molar-refractivity contribution in [1.29, 1.82) is 0 Å². The van der Waals surface area contributed by atoms with Gasteiger partial charge in [0.2, 0.25) is 0 Å². The Morgan fingerprint density at radius 2 is 2.00 bits per heavy atom. The number of rotatable bonds is 3. The third kappa shape index (κ3) is 3.62. The van der Waals surface area contributed by atoms with Gasteiger partial charge in [0.05, 0.1) is 5.02 Å². The van der Waals surface area contributed by atoms with Gasteiger partial charge in [0.25, 0.3) is 0 Å². The molecule has 0 bridgehead atoms. The Morgan fingerprint density at radius 3 is 2.76 bits per heavy atom. The summed E-state index contributed by atoms with van der Waals surface area (Å²) >= 11 is 5.85. The van der Waals surface area contributed by atoms with Gasteiger partial charge in [0, 0.05) is 32.2 Å². The fraction of sp³-hybridized carbons (Fsp3) is 0.294. The zero-order chi connectivity index (χ0) is 14.7. The van der Waals surface area contributed by atoms with Crippen LogP contribution in [-0.4, -0.2) is 24.5 Å². The summed E-state index contributed by atoms with van der Waals surface area (Å²) in [7, 11) is 0. The summed E-state index contributed by atoms with van der Waals surface area (Å²) in [5.41, 5.74) is 2.36. The topological polar surface area (TPSA) is 15.3 Å². The second-order valence-electron chi connectivity index (χ2n) is 5.40.